The molecule has 0 aliphatic carbocycles. The molecule has 0 spiro atoms. The fourth-order valence-corrected chi connectivity index (χ4v) is 1.27. The molecular formula is C9H16ClN5O. The number of methoxy groups -OCH3 is 1. The third-order valence-corrected chi connectivity index (χ3v) is 2.13. The third kappa shape index (κ3) is 4.16. The van der Waals surface area contributed by atoms with Gasteiger partial charge in [-0.25, -0.2) is 0 Å². The Morgan fingerprint density at radius 1 is 1.31 bits per heavy atom. The van der Waals surface area contributed by atoms with Gasteiger partial charge in [0.25, 0.3) is 0 Å². The second-order valence-corrected chi connectivity index (χ2v) is 3.67. The predicted molar refractivity (Wildman–Crippen MR) is 64.0 cm³/mol. The van der Waals surface area contributed by atoms with E-state index in [1.165, 1.54) is 0 Å². The monoisotopic (exact) mass is 245 g/mol. The Morgan fingerprint density at radius 3 is 2.62 bits per heavy atom. The van der Waals surface area contributed by atoms with Crippen LogP contribution in [-0.4, -0.2) is 41.8 Å². The Balaban J connectivity index is 2.61. The van der Waals surface area contributed by atoms with Gasteiger partial charge in [0.05, 0.1) is 0 Å². The molecule has 1 aromatic heterocycles. The first kappa shape index (κ1) is 12.9. The second-order valence-electron chi connectivity index (χ2n) is 3.33. The molecule has 0 amide bonds. The zero-order valence-corrected chi connectivity index (χ0v) is 10.4. The maximum Gasteiger partial charge on any atom is 0.229 e. The van der Waals surface area contributed by atoms with Gasteiger partial charge in [-0.05, 0) is 24.9 Å². The van der Waals surface area contributed by atoms with Crippen LogP contribution in [0.3, 0.4) is 0 Å². The van der Waals surface area contributed by atoms with E-state index >= 15 is 0 Å². The average Bonchev–Trinajstić information content (AvgIpc) is 2.25. The normalized spacial score (nSPS) is 12.2. The highest BCUT2D eigenvalue weighted by molar-refractivity contribution is 6.28. The Labute approximate surface area is 99.8 Å². The van der Waals surface area contributed by atoms with Crippen LogP contribution in [0.5, 0.6) is 0 Å². The molecule has 0 aliphatic rings. The lowest BCUT2D eigenvalue weighted by molar-refractivity contribution is 0.191. The minimum atomic E-state index is 0.167. The van der Waals surface area contributed by atoms with Crippen LogP contribution >= 0.6 is 11.6 Å². The number of nitrogens with zero attached hydrogens (tertiary/aromatic N) is 3. The topological polar surface area (TPSA) is 72.0 Å². The van der Waals surface area contributed by atoms with Crippen molar-refractivity contribution in [2.24, 2.45) is 0 Å². The number of ether oxygens (including phenoxy) is 1. The van der Waals surface area contributed by atoms with Gasteiger partial charge in [0, 0.05) is 26.8 Å². The van der Waals surface area contributed by atoms with E-state index < -0.39 is 0 Å². The number of aromatic nitrogens is 3. The van der Waals surface area contributed by atoms with Crippen LogP contribution in [0.25, 0.3) is 0 Å². The number of rotatable bonds is 6. The Kier molecular flexibility index (Phi) is 5.21. The summed E-state index contributed by atoms with van der Waals surface area (Å²) in [4.78, 5) is 12.0. The summed E-state index contributed by atoms with van der Waals surface area (Å²) >= 11 is 5.75. The Hall–Kier alpha value is -1.14. The molecule has 0 radical (unpaired) electrons. The highest BCUT2D eigenvalue weighted by atomic mass is 35.5. The van der Waals surface area contributed by atoms with Crippen molar-refractivity contribution >= 4 is 23.5 Å². The van der Waals surface area contributed by atoms with Crippen molar-refractivity contribution in [3.05, 3.63) is 5.28 Å². The van der Waals surface area contributed by atoms with Gasteiger partial charge in [0.15, 0.2) is 0 Å². The molecule has 0 fully saturated rings. The van der Waals surface area contributed by atoms with Gasteiger partial charge in [-0.3, -0.25) is 0 Å². The van der Waals surface area contributed by atoms with Crippen molar-refractivity contribution in [1.82, 2.24) is 15.0 Å². The molecule has 1 heterocycles. The summed E-state index contributed by atoms with van der Waals surface area (Å²) in [6.07, 6.45) is 0.870. The van der Waals surface area contributed by atoms with Gasteiger partial charge < -0.3 is 15.4 Å². The fourth-order valence-electron chi connectivity index (χ4n) is 1.11. The maximum absolute atomic E-state index is 5.75. The lowest BCUT2D eigenvalue weighted by atomic mass is 10.2. The van der Waals surface area contributed by atoms with E-state index in [0.717, 1.165) is 6.42 Å². The molecule has 0 saturated carbocycles. The molecule has 0 aromatic carbocycles. The third-order valence-electron chi connectivity index (χ3n) is 1.96. The Morgan fingerprint density at radius 2 is 2.00 bits per heavy atom. The summed E-state index contributed by atoms with van der Waals surface area (Å²) in [6.45, 7) is 2.71. The van der Waals surface area contributed by atoms with E-state index in [2.05, 4.69) is 25.6 Å². The average molecular weight is 246 g/mol. The van der Waals surface area contributed by atoms with Crippen LogP contribution in [0, 0.1) is 0 Å². The quantitative estimate of drug-likeness (QED) is 0.790. The van der Waals surface area contributed by atoms with Gasteiger partial charge in [-0.15, -0.1) is 0 Å². The number of anilines is 2. The molecule has 1 aromatic rings. The number of halogens is 1. The van der Waals surface area contributed by atoms with Crippen LogP contribution in [0.4, 0.5) is 11.9 Å². The van der Waals surface area contributed by atoms with E-state index in [-0.39, 0.29) is 11.3 Å². The molecule has 90 valence electrons. The van der Waals surface area contributed by atoms with Gasteiger partial charge in [-0.2, -0.15) is 15.0 Å². The molecule has 0 bridgehead atoms. The van der Waals surface area contributed by atoms with Crippen molar-refractivity contribution in [2.45, 2.75) is 19.4 Å². The van der Waals surface area contributed by atoms with Crippen LogP contribution in [-0.2, 0) is 4.74 Å². The van der Waals surface area contributed by atoms with Crippen molar-refractivity contribution in [3.63, 3.8) is 0 Å². The highest BCUT2D eigenvalue weighted by Crippen LogP contribution is 2.10. The molecule has 0 saturated heterocycles. The first-order valence-electron chi connectivity index (χ1n) is 5.00. The van der Waals surface area contributed by atoms with Gasteiger partial charge in [0.2, 0.25) is 17.2 Å². The molecule has 6 nitrogen and oxygen atoms in total. The van der Waals surface area contributed by atoms with Gasteiger partial charge in [-0.1, -0.05) is 0 Å². The van der Waals surface area contributed by atoms with Crippen LogP contribution in [0.1, 0.15) is 13.3 Å². The van der Waals surface area contributed by atoms with E-state index in [1.54, 1.807) is 14.2 Å². The van der Waals surface area contributed by atoms with Crippen molar-refractivity contribution < 1.29 is 4.74 Å². The largest absolute Gasteiger partial charge is 0.385 e. The second kappa shape index (κ2) is 6.44. The van der Waals surface area contributed by atoms with Gasteiger partial charge in [0.1, 0.15) is 0 Å². The summed E-state index contributed by atoms with van der Waals surface area (Å²) in [5.41, 5.74) is 0. The lowest BCUT2D eigenvalue weighted by Crippen LogP contribution is -2.19. The number of hydrogen-bond donors (Lipinski definition) is 2. The summed E-state index contributed by atoms with van der Waals surface area (Å²) < 4.78 is 4.99. The van der Waals surface area contributed by atoms with E-state index in [9.17, 15) is 0 Å². The Bertz CT molecular complexity index is 336. The zero-order valence-electron chi connectivity index (χ0n) is 9.62. The van der Waals surface area contributed by atoms with Crippen molar-refractivity contribution in [3.8, 4) is 0 Å². The summed E-state index contributed by atoms with van der Waals surface area (Å²) in [5, 5.41) is 6.11. The van der Waals surface area contributed by atoms with Crippen LogP contribution in [0.2, 0.25) is 5.28 Å². The smallest absolute Gasteiger partial charge is 0.229 e. The van der Waals surface area contributed by atoms with Gasteiger partial charge >= 0.3 is 0 Å². The molecule has 16 heavy (non-hydrogen) atoms. The lowest BCUT2D eigenvalue weighted by Gasteiger charge is -2.13. The van der Waals surface area contributed by atoms with Crippen molar-refractivity contribution in [2.75, 3.05) is 31.4 Å². The summed E-state index contributed by atoms with van der Waals surface area (Å²) in [5.74, 6) is 0.911. The maximum atomic E-state index is 5.75. The molecule has 1 unspecified atom stereocenters. The molecule has 1 atom stereocenters. The first-order valence-corrected chi connectivity index (χ1v) is 5.38. The molecule has 2 N–H and O–H groups in total. The standard InChI is InChI=1S/C9H16ClN5O/c1-6(4-5-16-3)12-9-14-7(10)13-8(11-2)15-9/h6H,4-5H2,1-3H3,(H2,11,12,13,14,15). The van der Waals surface area contributed by atoms with Crippen molar-refractivity contribution in [1.29, 1.82) is 0 Å². The highest BCUT2D eigenvalue weighted by Gasteiger charge is 2.07. The minimum Gasteiger partial charge on any atom is -0.385 e. The molecule has 1 rings (SSSR count). The minimum absolute atomic E-state index is 0.167. The molecular weight excluding hydrogens is 230 g/mol. The fraction of sp³-hybridized carbons (Fsp3) is 0.667. The van der Waals surface area contributed by atoms with Crippen LogP contribution < -0.4 is 10.6 Å². The molecule has 7 heteroatoms. The van der Waals surface area contributed by atoms with E-state index in [0.29, 0.717) is 18.5 Å². The summed E-state index contributed by atoms with van der Waals surface area (Å²) in [6, 6.07) is 0.211. The van der Waals surface area contributed by atoms with Crippen LogP contribution in [0.15, 0.2) is 0 Å². The summed E-state index contributed by atoms with van der Waals surface area (Å²) in [7, 11) is 3.40. The SMILES string of the molecule is CNc1nc(Cl)nc(NC(C)CCOC)n1. The predicted octanol–water partition coefficient (Wildman–Crippen LogP) is 1.40. The first-order chi connectivity index (χ1) is 7.65. The van der Waals surface area contributed by atoms with E-state index in [1.807, 2.05) is 6.92 Å². The number of nitrogens with one attached hydrogen (secondary N) is 2. The van der Waals surface area contributed by atoms with E-state index in [4.69, 9.17) is 16.3 Å². The number of hydrogen-bond acceptors (Lipinski definition) is 6. The zero-order chi connectivity index (χ0) is 12.0. The molecule has 0 aliphatic heterocycles.